The smallest absolute Gasteiger partial charge is 0.269 e. The molecule has 0 fully saturated rings. The Kier molecular flexibility index (Phi) is 5.29. The first-order valence-electron chi connectivity index (χ1n) is 8.14. The molecule has 0 spiro atoms. The number of hydrogen-bond donors (Lipinski definition) is 3. The molecule has 130 valence electrons. The lowest BCUT2D eigenvalue weighted by molar-refractivity contribution is -0.121. The maximum absolute atomic E-state index is 12.0. The Labute approximate surface area is 151 Å². The van der Waals surface area contributed by atoms with Crippen molar-refractivity contribution in [2.24, 2.45) is 0 Å². The predicted molar refractivity (Wildman–Crippen MR) is 99.3 cm³/mol. The maximum Gasteiger partial charge on any atom is 0.269 e. The molecule has 3 N–H and O–H groups in total. The highest BCUT2D eigenvalue weighted by molar-refractivity contribution is 5.95. The van der Waals surface area contributed by atoms with Crippen LogP contribution in [-0.2, 0) is 11.2 Å². The number of benzene rings is 3. The fraction of sp³-hybridized carbons (Fsp3) is 0.0476. The predicted octanol–water partition coefficient (Wildman–Crippen LogP) is 3.06. The standard InChI is InChI=1S/C21H18N2O3/c24-19-12-10-18(11-13-19)21(26)23-22-20(25)14-15-6-8-17(9-7-15)16-4-2-1-3-5-16/h1-13,24H,14H2,(H,22,25)(H,23,26). The van der Waals surface area contributed by atoms with Gasteiger partial charge < -0.3 is 5.11 Å². The molecule has 0 aliphatic rings. The van der Waals surface area contributed by atoms with Crippen LogP contribution in [0.2, 0.25) is 0 Å². The van der Waals surface area contributed by atoms with Crippen LogP contribution in [0.25, 0.3) is 11.1 Å². The third kappa shape index (κ3) is 4.48. The van der Waals surface area contributed by atoms with Crippen molar-refractivity contribution in [2.45, 2.75) is 6.42 Å². The molecule has 2 amide bonds. The van der Waals surface area contributed by atoms with Crippen LogP contribution < -0.4 is 10.9 Å². The second-order valence-corrected chi connectivity index (χ2v) is 5.79. The average Bonchev–Trinajstić information content (AvgIpc) is 2.68. The van der Waals surface area contributed by atoms with Gasteiger partial charge in [-0.15, -0.1) is 0 Å². The van der Waals surface area contributed by atoms with Gasteiger partial charge in [-0.2, -0.15) is 0 Å². The van der Waals surface area contributed by atoms with Crippen LogP contribution in [0, 0.1) is 0 Å². The molecule has 0 aliphatic carbocycles. The largest absolute Gasteiger partial charge is 0.508 e. The average molecular weight is 346 g/mol. The summed E-state index contributed by atoms with van der Waals surface area (Å²) in [6.07, 6.45) is 0.158. The molecule has 0 aliphatic heterocycles. The van der Waals surface area contributed by atoms with Crippen molar-refractivity contribution in [2.75, 3.05) is 0 Å². The number of phenols is 1. The minimum absolute atomic E-state index is 0.0736. The highest BCUT2D eigenvalue weighted by Crippen LogP contribution is 2.19. The SMILES string of the molecule is O=C(Cc1ccc(-c2ccccc2)cc1)NNC(=O)c1ccc(O)cc1. The van der Waals surface area contributed by atoms with Gasteiger partial charge in [0.2, 0.25) is 5.91 Å². The summed E-state index contributed by atoms with van der Waals surface area (Å²) < 4.78 is 0. The summed E-state index contributed by atoms with van der Waals surface area (Å²) in [5.41, 5.74) is 8.13. The Morgan fingerprint density at radius 1 is 0.731 bits per heavy atom. The molecule has 0 unspecified atom stereocenters. The lowest BCUT2D eigenvalue weighted by atomic mass is 10.0. The highest BCUT2D eigenvalue weighted by Gasteiger charge is 2.08. The van der Waals surface area contributed by atoms with E-state index in [1.165, 1.54) is 24.3 Å². The molecule has 3 aromatic rings. The third-order valence-corrected chi connectivity index (χ3v) is 3.87. The molecular formula is C21H18N2O3. The van der Waals surface area contributed by atoms with E-state index in [4.69, 9.17) is 0 Å². The van der Waals surface area contributed by atoms with Gasteiger partial charge in [-0.25, -0.2) is 0 Å². The second kappa shape index (κ2) is 7.98. The van der Waals surface area contributed by atoms with Crippen LogP contribution in [0.15, 0.2) is 78.9 Å². The Morgan fingerprint density at radius 2 is 1.35 bits per heavy atom. The van der Waals surface area contributed by atoms with Crippen molar-refractivity contribution >= 4 is 11.8 Å². The molecule has 0 heterocycles. The van der Waals surface area contributed by atoms with Gasteiger partial charge in [0, 0.05) is 5.56 Å². The van der Waals surface area contributed by atoms with Gasteiger partial charge in [0.15, 0.2) is 0 Å². The molecule has 26 heavy (non-hydrogen) atoms. The van der Waals surface area contributed by atoms with E-state index in [-0.39, 0.29) is 18.1 Å². The number of hydrazine groups is 1. The van der Waals surface area contributed by atoms with Gasteiger partial charge in [0.05, 0.1) is 6.42 Å². The van der Waals surface area contributed by atoms with Crippen molar-refractivity contribution in [1.29, 1.82) is 0 Å². The molecule has 0 saturated carbocycles. The molecule has 0 bridgehead atoms. The summed E-state index contributed by atoms with van der Waals surface area (Å²) in [7, 11) is 0. The second-order valence-electron chi connectivity index (χ2n) is 5.79. The van der Waals surface area contributed by atoms with Crippen molar-refractivity contribution in [3.63, 3.8) is 0 Å². The zero-order valence-corrected chi connectivity index (χ0v) is 14.0. The van der Waals surface area contributed by atoms with E-state index >= 15 is 0 Å². The van der Waals surface area contributed by atoms with E-state index in [9.17, 15) is 14.7 Å². The van der Waals surface area contributed by atoms with Crippen molar-refractivity contribution in [3.8, 4) is 16.9 Å². The number of amides is 2. The van der Waals surface area contributed by atoms with Crippen molar-refractivity contribution in [1.82, 2.24) is 10.9 Å². The van der Waals surface area contributed by atoms with E-state index < -0.39 is 5.91 Å². The minimum Gasteiger partial charge on any atom is -0.508 e. The number of carbonyl (C=O) groups excluding carboxylic acids is 2. The summed E-state index contributed by atoms with van der Waals surface area (Å²) >= 11 is 0. The normalized spacial score (nSPS) is 10.2. The summed E-state index contributed by atoms with van der Waals surface area (Å²) in [5.74, 6) is -0.688. The van der Waals surface area contributed by atoms with Crippen LogP contribution in [0.5, 0.6) is 5.75 Å². The van der Waals surface area contributed by atoms with Crippen molar-refractivity contribution < 1.29 is 14.7 Å². The molecule has 0 radical (unpaired) electrons. The summed E-state index contributed by atoms with van der Waals surface area (Å²) in [5, 5.41) is 9.21. The van der Waals surface area contributed by atoms with Gasteiger partial charge in [-0.3, -0.25) is 20.4 Å². The number of carbonyl (C=O) groups is 2. The third-order valence-electron chi connectivity index (χ3n) is 3.87. The fourth-order valence-electron chi connectivity index (χ4n) is 2.49. The quantitative estimate of drug-likeness (QED) is 0.635. The Balaban J connectivity index is 1.53. The first kappa shape index (κ1) is 17.2. The van der Waals surface area contributed by atoms with E-state index in [0.29, 0.717) is 5.56 Å². The summed E-state index contributed by atoms with van der Waals surface area (Å²) in [6.45, 7) is 0. The molecule has 3 aromatic carbocycles. The van der Waals surface area contributed by atoms with Gasteiger partial charge in [-0.1, -0.05) is 54.6 Å². The molecule has 0 atom stereocenters. The van der Waals surface area contributed by atoms with Crippen LogP contribution in [-0.4, -0.2) is 16.9 Å². The molecule has 0 saturated heterocycles. The summed E-state index contributed by atoms with van der Waals surface area (Å²) in [4.78, 5) is 23.9. The van der Waals surface area contributed by atoms with Gasteiger partial charge in [0.1, 0.15) is 5.75 Å². The molecule has 0 aromatic heterocycles. The number of aromatic hydroxyl groups is 1. The number of phenolic OH excluding ortho intramolecular Hbond substituents is 1. The van der Waals surface area contributed by atoms with Crippen LogP contribution in [0.4, 0.5) is 0 Å². The van der Waals surface area contributed by atoms with E-state index in [2.05, 4.69) is 10.9 Å². The minimum atomic E-state index is -0.447. The number of hydrogen-bond acceptors (Lipinski definition) is 3. The van der Waals surface area contributed by atoms with Crippen molar-refractivity contribution in [3.05, 3.63) is 90.0 Å². The lowest BCUT2D eigenvalue weighted by Crippen LogP contribution is -2.42. The van der Waals surface area contributed by atoms with E-state index in [1.54, 1.807) is 0 Å². The zero-order valence-electron chi connectivity index (χ0n) is 14.0. The first-order chi connectivity index (χ1) is 12.6. The topological polar surface area (TPSA) is 78.4 Å². The van der Waals surface area contributed by atoms with Crippen LogP contribution in [0.3, 0.4) is 0 Å². The monoisotopic (exact) mass is 346 g/mol. The van der Waals surface area contributed by atoms with Gasteiger partial charge >= 0.3 is 0 Å². The Bertz CT molecular complexity index is 889. The maximum atomic E-state index is 12.0. The molecular weight excluding hydrogens is 328 g/mol. The van der Waals surface area contributed by atoms with Crippen LogP contribution in [0.1, 0.15) is 15.9 Å². The molecule has 5 heteroatoms. The van der Waals surface area contributed by atoms with Gasteiger partial charge in [-0.05, 0) is 41.0 Å². The summed E-state index contributed by atoms with van der Waals surface area (Å²) in [6, 6.07) is 23.5. The number of nitrogens with one attached hydrogen (secondary N) is 2. The Hall–Kier alpha value is -3.60. The fourth-order valence-corrected chi connectivity index (χ4v) is 2.49. The van der Waals surface area contributed by atoms with E-state index in [0.717, 1.165) is 16.7 Å². The molecule has 5 nitrogen and oxygen atoms in total. The Morgan fingerprint density at radius 3 is 2.00 bits per heavy atom. The number of rotatable bonds is 4. The first-order valence-corrected chi connectivity index (χ1v) is 8.14. The zero-order chi connectivity index (χ0) is 18.4. The molecule has 3 rings (SSSR count). The highest BCUT2D eigenvalue weighted by atomic mass is 16.3. The van der Waals surface area contributed by atoms with Crippen LogP contribution >= 0.6 is 0 Å². The van der Waals surface area contributed by atoms with Gasteiger partial charge in [0.25, 0.3) is 5.91 Å². The van der Waals surface area contributed by atoms with E-state index in [1.807, 2.05) is 54.6 Å². The lowest BCUT2D eigenvalue weighted by Gasteiger charge is -2.08.